The third kappa shape index (κ3) is 3.91. The van der Waals surface area contributed by atoms with Crippen LogP contribution in [-0.2, 0) is 33.4 Å². The van der Waals surface area contributed by atoms with E-state index in [4.69, 9.17) is 9.47 Å². The number of esters is 1. The van der Waals surface area contributed by atoms with E-state index in [2.05, 4.69) is 5.32 Å². The molecule has 2 heterocycles. The lowest BCUT2D eigenvalue weighted by molar-refractivity contribution is -0.202. The predicted molar refractivity (Wildman–Crippen MR) is 109 cm³/mol. The summed E-state index contributed by atoms with van der Waals surface area (Å²) >= 11 is 1.04. The van der Waals surface area contributed by atoms with Gasteiger partial charge in [-0.2, -0.15) is 0 Å². The maximum atomic E-state index is 13.0. The molecular weight excluding hydrogens is 444 g/mol. The quantitative estimate of drug-likeness (QED) is 0.204. The van der Waals surface area contributed by atoms with Crippen molar-refractivity contribution in [3.8, 4) is 0 Å². The molecule has 2 amide bonds. The van der Waals surface area contributed by atoms with Crippen molar-refractivity contribution in [2.45, 2.75) is 23.9 Å². The van der Waals surface area contributed by atoms with Gasteiger partial charge in [-0.05, 0) is 5.56 Å². The van der Waals surface area contributed by atoms with Gasteiger partial charge in [0.15, 0.2) is 5.92 Å². The zero-order valence-corrected chi connectivity index (χ0v) is 18.1. The van der Waals surface area contributed by atoms with Crippen LogP contribution in [0.1, 0.15) is 18.4 Å². The summed E-state index contributed by atoms with van der Waals surface area (Å²) in [5.74, 6) is -6.51. The van der Waals surface area contributed by atoms with Crippen LogP contribution >= 0.6 is 11.8 Å². The van der Waals surface area contributed by atoms with Crippen LogP contribution in [0.15, 0.2) is 30.3 Å². The highest BCUT2D eigenvalue weighted by Gasteiger charge is 2.68. The maximum Gasteiger partial charge on any atom is 0.320 e. The van der Waals surface area contributed by atoms with Gasteiger partial charge in [0.2, 0.25) is 5.91 Å². The van der Waals surface area contributed by atoms with Crippen molar-refractivity contribution < 1.29 is 43.7 Å². The fourth-order valence-electron chi connectivity index (χ4n) is 3.73. The number of nitrogens with one attached hydrogen (secondary N) is 1. The Morgan fingerprint density at radius 1 is 1.25 bits per heavy atom. The molecule has 0 saturated carbocycles. The summed E-state index contributed by atoms with van der Waals surface area (Å²) in [6, 6.07) is 7.82. The van der Waals surface area contributed by atoms with Gasteiger partial charge >= 0.3 is 17.9 Å². The van der Waals surface area contributed by atoms with Gasteiger partial charge in [-0.15, -0.1) is 11.8 Å². The molecule has 0 spiro atoms. The van der Waals surface area contributed by atoms with E-state index in [-0.39, 0.29) is 17.9 Å². The van der Waals surface area contributed by atoms with Crippen molar-refractivity contribution in [3.05, 3.63) is 35.9 Å². The van der Waals surface area contributed by atoms with Crippen LogP contribution in [0.2, 0.25) is 0 Å². The molecule has 11 nitrogen and oxygen atoms in total. The lowest BCUT2D eigenvalue weighted by Crippen LogP contribution is -2.83. The Kier molecular flexibility index (Phi) is 6.46. The number of carbonyl (C=O) groups excluding carboxylic acids is 3. The van der Waals surface area contributed by atoms with E-state index in [1.807, 2.05) is 0 Å². The number of carboxylic acids is 2. The molecule has 12 heteroatoms. The van der Waals surface area contributed by atoms with Crippen molar-refractivity contribution in [2.75, 3.05) is 26.0 Å². The molecule has 0 radical (unpaired) electrons. The second-order valence-electron chi connectivity index (χ2n) is 7.57. The van der Waals surface area contributed by atoms with Crippen LogP contribution in [0.25, 0.3) is 0 Å². The Morgan fingerprint density at radius 3 is 2.44 bits per heavy atom. The number of thioether (sulfide) groups is 1. The lowest BCUT2D eigenvalue weighted by atomic mass is 9.86. The van der Waals surface area contributed by atoms with E-state index < -0.39 is 58.8 Å². The highest BCUT2D eigenvalue weighted by molar-refractivity contribution is 8.00. The summed E-state index contributed by atoms with van der Waals surface area (Å²) in [5, 5.41) is 20.9. The number of β-lactam (4-membered cyclic amide) rings is 1. The van der Waals surface area contributed by atoms with Crippen LogP contribution in [-0.4, -0.2) is 81.9 Å². The normalized spacial score (nSPS) is 27.5. The molecule has 1 aromatic rings. The van der Waals surface area contributed by atoms with Crippen molar-refractivity contribution >= 4 is 41.5 Å². The van der Waals surface area contributed by atoms with Crippen LogP contribution in [0.4, 0.5) is 0 Å². The first-order valence-corrected chi connectivity index (χ1v) is 10.6. The van der Waals surface area contributed by atoms with Crippen molar-refractivity contribution in [1.82, 2.24) is 10.2 Å². The first-order chi connectivity index (χ1) is 15.1. The van der Waals surface area contributed by atoms with Gasteiger partial charge in [-0.1, -0.05) is 30.3 Å². The third-order valence-corrected chi connectivity index (χ3v) is 7.10. The highest BCUT2D eigenvalue weighted by Crippen LogP contribution is 2.47. The van der Waals surface area contributed by atoms with E-state index in [0.29, 0.717) is 0 Å². The Morgan fingerprint density at radius 2 is 1.91 bits per heavy atom. The first-order valence-electron chi connectivity index (χ1n) is 9.52. The number of rotatable bonds is 8. The number of fused-ring (bicyclic) bond motifs is 1. The number of ether oxygens (including phenoxy) is 2. The molecule has 0 aromatic heterocycles. The average Bonchev–Trinajstić information content (AvgIpc) is 2.76. The minimum Gasteiger partial charge on any atom is -0.481 e. The minimum absolute atomic E-state index is 0.0217. The SMILES string of the molecule is COC1(NC(=O)C(C(=O)O)c2ccccc2)C(=O)N2CC(COC(C)=O)(C(=O)O)CS[C@@H]21. The third-order valence-electron chi connectivity index (χ3n) is 5.48. The van der Waals surface area contributed by atoms with Crippen LogP contribution in [0.5, 0.6) is 0 Å². The number of methoxy groups -OCH3 is 1. The summed E-state index contributed by atoms with van der Waals surface area (Å²) < 4.78 is 10.3. The van der Waals surface area contributed by atoms with Crippen LogP contribution in [0, 0.1) is 5.41 Å². The first kappa shape index (κ1) is 23.5. The van der Waals surface area contributed by atoms with E-state index >= 15 is 0 Å². The molecule has 3 N–H and O–H groups in total. The molecule has 3 rings (SSSR count). The van der Waals surface area contributed by atoms with Gasteiger partial charge in [0.1, 0.15) is 17.4 Å². The largest absolute Gasteiger partial charge is 0.481 e. The van der Waals surface area contributed by atoms with Gasteiger partial charge in [0, 0.05) is 26.3 Å². The Hall–Kier alpha value is -3.12. The Balaban J connectivity index is 1.81. The molecule has 2 aliphatic rings. The van der Waals surface area contributed by atoms with Crippen LogP contribution in [0.3, 0.4) is 0 Å². The zero-order chi connectivity index (χ0) is 23.7. The lowest BCUT2D eigenvalue weighted by Gasteiger charge is -2.58. The van der Waals surface area contributed by atoms with Gasteiger partial charge in [-0.3, -0.25) is 24.0 Å². The van der Waals surface area contributed by atoms with Crippen LogP contribution < -0.4 is 5.32 Å². The number of carboxylic acid groups (broad SMARTS) is 2. The molecule has 2 aliphatic heterocycles. The van der Waals surface area contributed by atoms with E-state index in [9.17, 15) is 34.2 Å². The monoisotopic (exact) mass is 466 g/mol. The van der Waals surface area contributed by atoms with Crippen molar-refractivity contribution in [2.24, 2.45) is 5.41 Å². The number of hydrogen-bond acceptors (Lipinski definition) is 8. The van der Waals surface area contributed by atoms with Gasteiger partial charge in [0.25, 0.3) is 11.6 Å². The number of nitrogens with zero attached hydrogens (tertiary/aromatic N) is 1. The molecule has 4 atom stereocenters. The minimum atomic E-state index is -1.84. The van der Waals surface area contributed by atoms with E-state index in [1.54, 1.807) is 18.2 Å². The molecule has 3 unspecified atom stereocenters. The number of carbonyl (C=O) groups is 5. The van der Waals surface area contributed by atoms with Gasteiger partial charge < -0.3 is 29.9 Å². The molecule has 32 heavy (non-hydrogen) atoms. The second kappa shape index (κ2) is 8.79. The maximum absolute atomic E-state index is 13.0. The van der Waals surface area contributed by atoms with Gasteiger partial charge in [0.05, 0.1) is 0 Å². The number of hydrogen-bond donors (Lipinski definition) is 3. The molecule has 0 aliphatic carbocycles. The van der Waals surface area contributed by atoms with Crippen molar-refractivity contribution in [3.63, 3.8) is 0 Å². The molecular formula is C20H22N2O9S. The topological polar surface area (TPSA) is 160 Å². The molecule has 1 aromatic carbocycles. The average molecular weight is 466 g/mol. The second-order valence-corrected chi connectivity index (χ2v) is 8.64. The molecule has 2 saturated heterocycles. The summed E-state index contributed by atoms with van der Waals surface area (Å²) in [6.07, 6.45) is 0. The fraction of sp³-hybridized carbons (Fsp3) is 0.450. The van der Waals surface area contributed by atoms with E-state index in [1.165, 1.54) is 24.1 Å². The standard InChI is InChI=1S/C20H22N2O9S/c1-11(23)31-9-19(18(28)29)8-22-16(27)20(30-2,17(22)32-10-19)21-14(24)13(15(25)26)12-6-4-3-5-7-12/h3-7,13,17H,8-10H2,1-2H3,(H,21,24)(H,25,26)(H,28,29)/t13?,17-,19?,20?/m1/s1. The van der Waals surface area contributed by atoms with Crippen molar-refractivity contribution in [1.29, 1.82) is 0 Å². The fourth-order valence-corrected chi connectivity index (χ4v) is 5.35. The smallest absolute Gasteiger partial charge is 0.320 e. The number of aliphatic carboxylic acids is 2. The van der Waals surface area contributed by atoms with Gasteiger partial charge in [-0.25, -0.2) is 0 Å². The molecule has 0 bridgehead atoms. The highest BCUT2D eigenvalue weighted by atomic mass is 32.2. The molecule has 2 fully saturated rings. The summed E-state index contributed by atoms with van der Waals surface area (Å²) in [4.78, 5) is 61.9. The number of amides is 2. The van der Waals surface area contributed by atoms with E-state index in [0.717, 1.165) is 18.7 Å². The Labute approximate surface area is 187 Å². The summed E-state index contributed by atoms with van der Waals surface area (Å²) in [5.41, 5.74) is -3.12. The summed E-state index contributed by atoms with van der Waals surface area (Å²) in [7, 11) is 1.20. The summed E-state index contributed by atoms with van der Waals surface area (Å²) in [6.45, 7) is 0.483. The number of benzene rings is 1. The molecule has 172 valence electrons. The Bertz CT molecular complexity index is 956. The predicted octanol–water partition coefficient (Wildman–Crippen LogP) is -0.137. The zero-order valence-electron chi connectivity index (χ0n) is 17.3.